The monoisotopic (exact) mass is 291 g/mol. The molecule has 1 aromatic rings. The largest absolute Gasteiger partial charge is 0.478 e. The molecule has 1 aromatic carbocycles. The highest BCUT2D eigenvalue weighted by atomic mass is 16.4. The molecule has 116 valence electrons. The van der Waals surface area contributed by atoms with Crippen molar-refractivity contribution >= 4 is 11.9 Å². The van der Waals surface area contributed by atoms with Gasteiger partial charge in [0.1, 0.15) is 0 Å². The molecule has 0 aliphatic heterocycles. The van der Waals surface area contributed by atoms with E-state index in [1.54, 1.807) is 24.3 Å². The van der Waals surface area contributed by atoms with Gasteiger partial charge in [-0.15, -0.1) is 0 Å². The van der Waals surface area contributed by atoms with Crippen LogP contribution in [0.15, 0.2) is 24.3 Å². The number of aromatic carboxylic acids is 1. The fraction of sp³-hybridized carbons (Fsp3) is 0.529. The quantitative estimate of drug-likeness (QED) is 0.747. The third-order valence-corrected chi connectivity index (χ3v) is 3.54. The van der Waals surface area contributed by atoms with Gasteiger partial charge in [-0.3, -0.25) is 4.79 Å². The summed E-state index contributed by atoms with van der Waals surface area (Å²) in [6, 6.07) is 6.84. The van der Waals surface area contributed by atoms with E-state index in [1.165, 1.54) is 0 Å². The lowest BCUT2D eigenvalue weighted by molar-refractivity contribution is -0.132. The van der Waals surface area contributed by atoms with Gasteiger partial charge in [0.15, 0.2) is 0 Å². The second-order valence-corrected chi connectivity index (χ2v) is 5.53. The van der Waals surface area contributed by atoms with Crippen molar-refractivity contribution in [1.29, 1.82) is 0 Å². The van der Waals surface area contributed by atoms with Gasteiger partial charge >= 0.3 is 5.97 Å². The molecule has 1 amide bonds. The number of carbonyl (C=O) groups is 2. The minimum atomic E-state index is -0.986. The highest BCUT2D eigenvalue weighted by molar-refractivity contribution is 5.91. The third-order valence-electron chi connectivity index (χ3n) is 3.54. The van der Waals surface area contributed by atoms with Crippen LogP contribution in [0.3, 0.4) is 0 Å². The van der Waals surface area contributed by atoms with Crippen molar-refractivity contribution in [3.05, 3.63) is 35.4 Å². The van der Waals surface area contributed by atoms with E-state index in [1.807, 2.05) is 18.7 Å². The van der Waals surface area contributed by atoms with Crippen LogP contribution in [0.2, 0.25) is 0 Å². The second kappa shape index (κ2) is 8.45. The van der Waals surface area contributed by atoms with Gasteiger partial charge in [-0.2, -0.15) is 0 Å². The molecule has 0 bridgehead atoms. The van der Waals surface area contributed by atoms with Crippen molar-refractivity contribution in [2.75, 3.05) is 6.54 Å². The number of carboxylic acid groups (broad SMARTS) is 1. The van der Waals surface area contributed by atoms with Crippen LogP contribution in [-0.4, -0.2) is 34.5 Å². The number of hydrogen-bond acceptors (Lipinski definition) is 2. The van der Waals surface area contributed by atoms with E-state index in [2.05, 4.69) is 6.92 Å². The van der Waals surface area contributed by atoms with E-state index in [9.17, 15) is 14.7 Å². The Balaban J connectivity index is 2.79. The lowest BCUT2D eigenvalue weighted by atomic mass is 10.0. The van der Waals surface area contributed by atoms with Gasteiger partial charge in [-0.1, -0.05) is 38.0 Å². The smallest absolute Gasteiger partial charge is 0.335 e. The molecule has 21 heavy (non-hydrogen) atoms. The molecule has 0 saturated heterocycles. The maximum atomic E-state index is 12.5. The minimum absolute atomic E-state index is 0.00481. The number of unbranched alkanes of at least 4 members (excludes halogenated alkanes) is 2. The summed E-state index contributed by atoms with van der Waals surface area (Å²) in [5, 5.41) is 9.17. The van der Waals surface area contributed by atoms with E-state index in [0.29, 0.717) is 5.56 Å². The number of nitrogens with zero attached hydrogens (tertiary/aromatic N) is 1. The summed E-state index contributed by atoms with van der Waals surface area (Å²) in [5.41, 5.74) is 0.791. The zero-order valence-electron chi connectivity index (χ0n) is 13.1. The molecule has 4 nitrogen and oxygen atoms in total. The maximum absolute atomic E-state index is 12.5. The molecule has 1 rings (SSSR count). The molecular weight excluding hydrogens is 266 g/mol. The van der Waals surface area contributed by atoms with Crippen LogP contribution >= 0.6 is 0 Å². The molecule has 0 saturated carbocycles. The van der Waals surface area contributed by atoms with E-state index in [4.69, 9.17) is 0 Å². The van der Waals surface area contributed by atoms with Crippen LogP contribution in [0.25, 0.3) is 0 Å². The molecule has 0 heterocycles. The molecular formula is C17H25NO3. The number of carbonyl (C=O) groups excluding carboxylic acids is 1. The predicted molar refractivity (Wildman–Crippen MR) is 83.5 cm³/mol. The Morgan fingerprint density at radius 1 is 1.19 bits per heavy atom. The van der Waals surface area contributed by atoms with Gasteiger partial charge in [-0.05, 0) is 31.9 Å². The van der Waals surface area contributed by atoms with Crippen LogP contribution in [0.1, 0.15) is 56.0 Å². The highest BCUT2D eigenvalue weighted by Crippen LogP contribution is 2.13. The van der Waals surface area contributed by atoms with E-state index in [0.717, 1.165) is 25.8 Å². The third kappa shape index (κ3) is 5.21. The summed E-state index contributed by atoms with van der Waals surface area (Å²) >= 11 is 0. The first-order valence-electron chi connectivity index (χ1n) is 7.58. The molecule has 0 unspecified atom stereocenters. The fourth-order valence-electron chi connectivity index (χ4n) is 2.35. The summed E-state index contributed by atoms with van der Waals surface area (Å²) in [5.74, 6) is -0.990. The zero-order chi connectivity index (χ0) is 15.8. The summed E-state index contributed by atoms with van der Waals surface area (Å²) < 4.78 is 0. The zero-order valence-corrected chi connectivity index (χ0v) is 13.1. The van der Waals surface area contributed by atoms with Crippen molar-refractivity contribution in [1.82, 2.24) is 4.90 Å². The standard InChI is InChI=1S/C17H25NO3/c1-4-5-8-11-18(13(2)3)16(19)12-14-9-6-7-10-15(14)17(20)21/h6-7,9-10,13H,4-5,8,11-12H2,1-3H3,(H,20,21). The summed E-state index contributed by atoms with van der Waals surface area (Å²) in [7, 11) is 0. The van der Waals surface area contributed by atoms with Crippen LogP contribution in [0.4, 0.5) is 0 Å². The van der Waals surface area contributed by atoms with Crippen molar-refractivity contribution in [2.45, 2.75) is 52.5 Å². The molecule has 0 radical (unpaired) electrons. The molecule has 0 aliphatic rings. The predicted octanol–water partition coefficient (Wildman–Crippen LogP) is 3.35. The average Bonchev–Trinajstić information content (AvgIpc) is 2.43. The van der Waals surface area contributed by atoms with E-state index >= 15 is 0 Å². The Morgan fingerprint density at radius 3 is 2.43 bits per heavy atom. The van der Waals surface area contributed by atoms with Gasteiger partial charge in [0.25, 0.3) is 0 Å². The molecule has 0 aromatic heterocycles. The number of amides is 1. The van der Waals surface area contributed by atoms with Gasteiger partial charge in [0.05, 0.1) is 12.0 Å². The first-order valence-corrected chi connectivity index (χ1v) is 7.58. The van der Waals surface area contributed by atoms with Gasteiger partial charge in [-0.25, -0.2) is 4.79 Å². The van der Waals surface area contributed by atoms with E-state index < -0.39 is 5.97 Å². The highest BCUT2D eigenvalue weighted by Gasteiger charge is 2.19. The van der Waals surface area contributed by atoms with Crippen molar-refractivity contribution in [3.8, 4) is 0 Å². The normalized spacial score (nSPS) is 10.7. The molecule has 0 atom stereocenters. The van der Waals surface area contributed by atoms with Crippen LogP contribution < -0.4 is 0 Å². The number of hydrogen-bond donors (Lipinski definition) is 1. The van der Waals surface area contributed by atoms with E-state index in [-0.39, 0.29) is 23.9 Å². The Bertz CT molecular complexity index is 483. The molecule has 0 aliphatic carbocycles. The fourth-order valence-corrected chi connectivity index (χ4v) is 2.35. The first-order chi connectivity index (χ1) is 9.97. The summed E-state index contributed by atoms with van der Waals surface area (Å²) in [4.78, 5) is 25.5. The Hall–Kier alpha value is -1.84. The van der Waals surface area contributed by atoms with Crippen LogP contribution in [0.5, 0.6) is 0 Å². The summed E-state index contributed by atoms with van der Waals surface area (Å²) in [6.07, 6.45) is 3.35. The maximum Gasteiger partial charge on any atom is 0.335 e. The summed E-state index contributed by atoms with van der Waals surface area (Å²) in [6.45, 7) is 6.85. The lowest BCUT2D eigenvalue weighted by Crippen LogP contribution is -2.38. The minimum Gasteiger partial charge on any atom is -0.478 e. The lowest BCUT2D eigenvalue weighted by Gasteiger charge is -2.27. The molecule has 1 N–H and O–H groups in total. The molecule has 4 heteroatoms. The van der Waals surface area contributed by atoms with Crippen molar-refractivity contribution in [3.63, 3.8) is 0 Å². The average molecular weight is 291 g/mol. The topological polar surface area (TPSA) is 57.6 Å². The van der Waals surface area contributed by atoms with Crippen LogP contribution in [-0.2, 0) is 11.2 Å². The van der Waals surface area contributed by atoms with Gasteiger partial charge < -0.3 is 10.0 Å². The van der Waals surface area contributed by atoms with Gasteiger partial charge in [0, 0.05) is 12.6 Å². The van der Waals surface area contributed by atoms with Crippen LogP contribution in [0, 0.1) is 0 Å². The number of benzene rings is 1. The first kappa shape index (κ1) is 17.2. The Kier molecular flexibility index (Phi) is 6.92. The van der Waals surface area contributed by atoms with Gasteiger partial charge in [0.2, 0.25) is 5.91 Å². The molecule has 0 spiro atoms. The Morgan fingerprint density at radius 2 is 1.86 bits per heavy atom. The number of carboxylic acids is 1. The van der Waals surface area contributed by atoms with Crippen molar-refractivity contribution < 1.29 is 14.7 Å². The van der Waals surface area contributed by atoms with Crippen molar-refractivity contribution in [2.24, 2.45) is 0 Å². The number of rotatable bonds is 8. The second-order valence-electron chi connectivity index (χ2n) is 5.53. The Labute approximate surface area is 126 Å². The SMILES string of the molecule is CCCCCN(C(=O)Cc1ccccc1C(=O)O)C(C)C. The molecule has 0 fully saturated rings.